The van der Waals surface area contributed by atoms with E-state index in [0.29, 0.717) is 23.9 Å². The number of amides is 1. The van der Waals surface area contributed by atoms with Crippen molar-refractivity contribution in [3.8, 4) is 0 Å². The predicted molar refractivity (Wildman–Crippen MR) is 106 cm³/mol. The van der Waals surface area contributed by atoms with Gasteiger partial charge in [0.25, 0.3) is 5.91 Å². The third-order valence-electron chi connectivity index (χ3n) is 4.46. The number of anilines is 1. The van der Waals surface area contributed by atoms with Gasteiger partial charge in [0, 0.05) is 23.8 Å². The Morgan fingerprint density at radius 1 is 1.46 bits per heavy atom. The summed E-state index contributed by atoms with van der Waals surface area (Å²) in [5, 5.41) is 4.93. The van der Waals surface area contributed by atoms with Gasteiger partial charge >= 0.3 is 0 Å². The van der Waals surface area contributed by atoms with Crippen LogP contribution in [0.2, 0.25) is 0 Å². The van der Waals surface area contributed by atoms with Crippen molar-refractivity contribution < 1.29 is 9.53 Å². The number of carbonyl (C=O) groups excluding carboxylic acids is 1. The van der Waals surface area contributed by atoms with Crippen molar-refractivity contribution in [1.29, 1.82) is 0 Å². The summed E-state index contributed by atoms with van der Waals surface area (Å²) in [7, 11) is 0. The molecule has 0 aliphatic carbocycles. The maximum Gasteiger partial charge on any atom is 0.278 e. The Balaban J connectivity index is 1.72. The second-order valence-electron chi connectivity index (χ2n) is 6.19. The van der Waals surface area contributed by atoms with Crippen LogP contribution in [-0.4, -0.2) is 39.9 Å². The predicted octanol–water partition coefficient (Wildman–Crippen LogP) is 4.10. The molecule has 0 spiro atoms. The molecular weight excluding hydrogens is 416 g/mol. The monoisotopic (exact) mass is 434 g/mol. The Bertz CT molecular complexity index is 932. The molecule has 1 aliphatic rings. The van der Waals surface area contributed by atoms with Crippen LogP contribution in [0.3, 0.4) is 0 Å². The fraction of sp³-hybridized carbons (Fsp3) is 0.389. The summed E-state index contributed by atoms with van der Waals surface area (Å²) >= 11 is 5.02. The summed E-state index contributed by atoms with van der Waals surface area (Å²) in [5.41, 5.74) is 1.47. The number of aryl methyl sites for hydroxylation is 1. The van der Waals surface area contributed by atoms with E-state index in [1.165, 1.54) is 11.3 Å². The van der Waals surface area contributed by atoms with Crippen LogP contribution >= 0.6 is 27.3 Å². The minimum atomic E-state index is -0.0852. The first-order valence-electron chi connectivity index (χ1n) is 8.67. The minimum absolute atomic E-state index is 0.0516. The Kier molecular flexibility index (Phi) is 5.06. The number of thiazole rings is 1. The number of nitrogens with zero attached hydrogens (tertiary/aromatic N) is 4. The molecule has 3 aromatic rings. The minimum Gasteiger partial charge on any atom is -0.376 e. The first-order chi connectivity index (χ1) is 12.7. The summed E-state index contributed by atoms with van der Waals surface area (Å²) in [6.07, 6.45) is 3.71. The van der Waals surface area contributed by atoms with Crippen molar-refractivity contribution in [3.05, 3.63) is 40.6 Å². The van der Waals surface area contributed by atoms with E-state index in [9.17, 15) is 4.79 Å². The van der Waals surface area contributed by atoms with Gasteiger partial charge in [0.05, 0.1) is 22.9 Å². The highest BCUT2D eigenvalue weighted by molar-refractivity contribution is 9.10. The second-order valence-corrected chi connectivity index (χ2v) is 8.12. The van der Waals surface area contributed by atoms with E-state index < -0.39 is 0 Å². The van der Waals surface area contributed by atoms with E-state index >= 15 is 0 Å². The van der Waals surface area contributed by atoms with E-state index in [4.69, 9.17) is 9.72 Å². The molecule has 4 rings (SSSR count). The molecule has 6 nitrogen and oxygen atoms in total. The molecule has 1 amide bonds. The van der Waals surface area contributed by atoms with Crippen LogP contribution < -0.4 is 4.90 Å². The molecule has 136 valence electrons. The molecule has 0 bridgehead atoms. The SMILES string of the molecule is CCn1nccc1C(=O)N(CC1CCCO1)c1nc2ccc(Br)cc2s1. The smallest absolute Gasteiger partial charge is 0.278 e. The van der Waals surface area contributed by atoms with Crippen LogP contribution in [0.5, 0.6) is 0 Å². The average molecular weight is 435 g/mol. The number of halogens is 1. The quantitative estimate of drug-likeness (QED) is 0.606. The topological polar surface area (TPSA) is 60.2 Å². The summed E-state index contributed by atoms with van der Waals surface area (Å²) in [6, 6.07) is 7.72. The normalized spacial score (nSPS) is 17.1. The van der Waals surface area contributed by atoms with Gasteiger partial charge in [-0.25, -0.2) is 4.98 Å². The van der Waals surface area contributed by atoms with Crippen LogP contribution in [0, 0.1) is 0 Å². The zero-order valence-corrected chi connectivity index (χ0v) is 16.8. The number of carbonyl (C=O) groups is 1. The number of rotatable bonds is 5. The maximum absolute atomic E-state index is 13.3. The highest BCUT2D eigenvalue weighted by atomic mass is 79.9. The number of aromatic nitrogens is 3. The summed E-state index contributed by atoms with van der Waals surface area (Å²) in [4.78, 5) is 19.7. The molecule has 2 aromatic heterocycles. The zero-order chi connectivity index (χ0) is 18.1. The lowest BCUT2D eigenvalue weighted by Crippen LogP contribution is -2.38. The molecule has 1 saturated heterocycles. The van der Waals surface area contributed by atoms with Gasteiger partial charge in [0.15, 0.2) is 5.13 Å². The molecule has 1 atom stereocenters. The molecule has 0 radical (unpaired) electrons. The third-order valence-corrected chi connectivity index (χ3v) is 6.00. The van der Waals surface area contributed by atoms with Crippen molar-refractivity contribution in [3.63, 3.8) is 0 Å². The number of benzene rings is 1. The second kappa shape index (κ2) is 7.46. The van der Waals surface area contributed by atoms with Crippen molar-refractivity contribution in [2.24, 2.45) is 0 Å². The average Bonchev–Trinajstić information content (AvgIpc) is 3.37. The van der Waals surface area contributed by atoms with Crippen LogP contribution in [0.4, 0.5) is 5.13 Å². The fourth-order valence-corrected chi connectivity index (χ4v) is 4.67. The Labute approximate surface area is 163 Å². The van der Waals surface area contributed by atoms with Gasteiger partial charge in [-0.1, -0.05) is 27.3 Å². The van der Waals surface area contributed by atoms with Gasteiger partial charge in [-0.2, -0.15) is 5.10 Å². The van der Waals surface area contributed by atoms with Crippen LogP contribution in [0.15, 0.2) is 34.9 Å². The molecule has 8 heteroatoms. The van der Waals surface area contributed by atoms with E-state index in [1.54, 1.807) is 21.8 Å². The van der Waals surface area contributed by atoms with Gasteiger partial charge in [-0.3, -0.25) is 14.4 Å². The van der Waals surface area contributed by atoms with E-state index in [1.807, 2.05) is 25.1 Å². The highest BCUT2D eigenvalue weighted by Gasteiger charge is 2.28. The van der Waals surface area contributed by atoms with Crippen LogP contribution in [0.1, 0.15) is 30.3 Å². The molecule has 1 fully saturated rings. The fourth-order valence-electron chi connectivity index (χ4n) is 3.15. The van der Waals surface area contributed by atoms with Crippen molar-refractivity contribution in [2.75, 3.05) is 18.1 Å². The first kappa shape index (κ1) is 17.6. The van der Waals surface area contributed by atoms with Crippen LogP contribution in [0.25, 0.3) is 10.2 Å². The van der Waals surface area contributed by atoms with E-state index in [0.717, 1.165) is 34.1 Å². The lowest BCUT2D eigenvalue weighted by atomic mass is 10.2. The van der Waals surface area contributed by atoms with Gasteiger partial charge in [0.2, 0.25) is 0 Å². The van der Waals surface area contributed by atoms with Crippen molar-refractivity contribution in [2.45, 2.75) is 32.4 Å². The Hall–Kier alpha value is -1.77. The standard InChI is InChI=1S/C18H19BrN4O2S/c1-2-23-15(7-8-20-23)17(24)22(11-13-4-3-9-25-13)18-21-14-6-5-12(19)10-16(14)26-18/h5-8,10,13H,2-4,9,11H2,1H3. The van der Waals surface area contributed by atoms with Crippen LogP contribution in [-0.2, 0) is 11.3 Å². The molecule has 3 heterocycles. The highest BCUT2D eigenvalue weighted by Crippen LogP contribution is 2.32. The molecule has 0 saturated carbocycles. The molecule has 0 N–H and O–H groups in total. The van der Waals surface area contributed by atoms with Gasteiger partial charge < -0.3 is 4.74 Å². The maximum atomic E-state index is 13.3. The molecule has 1 aromatic carbocycles. The molecule has 1 unspecified atom stereocenters. The lowest BCUT2D eigenvalue weighted by molar-refractivity contribution is 0.0908. The van der Waals surface area contributed by atoms with Crippen molar-refractivity contribution in [1.82, 2.24) is 14.8 Å². The number of hydrogen-bond donors (Lipinski definition) is 0. The summed E-state index contributed by atoms with van der Waals surface area (Å²) in [6.45, 7) is 3.89. The number of ether oxygens (including phenoxy) is 1. The van der Waals surface area contributed by atoms with Gasteiger partial charge in [-0.05, 0) is 44.0 Å². The zero-order valence-electron chi connectivity index (χ0n) is 14.4. The Morgan fingerprint density at radius 2 is 2.35 bits per heavy atom. The van der Waals surface area contributed by atoms with Crippen molar-refractivity contribution >= 4 is 48.5 Å². The lowest BCUT2D eigenvalue weighted by Gasteiger charge is -2.23. The Morgan fingerprint density at radius 3 is 3.12 bits per heavy atom. The van der Waals surface area contributed by atoms with E-state index in [2.05, 4.69) is 21.0 Å². The largest absolute Gasteiger partial charge is 0.376 e. The van der Waals surface area contributed by atoms with E-state index in [-0.39, 0.29) is 12.0 Å². The summed E-state index contributed by atoms with van der Waals surface area (Å²) in [5.74, 6) is -0.0852. The molecular formula is C18H19BrN4O2S. The molecule has 26 heavy (non-hydrogen) atoms. The number of hydrogen-bond acceptors (Lipinski definition) is 5. The number of fused-ring (bicyclic) bond motifs is 1. The molecule has 1 aliphatic heterocycles. The summed E-state index contributed by atoms with van der Waals surface area (Å²) < 4.78 is 9.54. The van der Waals surface area contributed by atoms with Gasteiger partial charge in [-0.15, -0.1) is 0 Å². The first-order valence-corrected chi connectivity index (χ1v) is 10.3. The third kappa shape index (κ3) is 3.41. The van der Waals surface area contributed by atoms with Gasteiger partial charge in [0.1, 0.15) is 5.69 Å².